The zero-order valence-electron chi connectivity index (χ0n) is 4.94. The molecule has 7 heteroatoms. The molecule has 0 amide bonds. The van der Waals surface area contributed by atoms with Gasteiger partial charge in [0.2, 0.25) is 0 Å². The van der Waals surface area contributed by atoms with Crippen LogP contribution in [0.2, 0.25) is 0 Å². The van der Waals surface area contributed by atoms with E-state index in [1.165, 1.54) is 0 Å². The van der Waals surface area contributed by atoms with Gasteiger partial charge in [0.25, 0.3) is 0 Å². The number of nitro groups is 1. The maximum Gasteiger partial charge on any atom is 0.393 e. The Morgan fingerprint density at radius 3 is 2.70 bits per heavy atom. The summed E-state index contributed by atoms with van der Waals surface area (Å²) in [4.78, 5) is 9.35. The van der Waals surface area contributed by atoms with Crippen molar-refractivity contribution in [3.05, 3.63) is 10.1 Å². The van der Waals surface area contributed by atoms with E-state index in [-0.39, 0.29) is 12.3 Å². The minimum absolute atomic E-state index is 0.154. The summed E-state index contributed by atoms with van der Waals surface area (Å²) in [6.07, 6.45) is -0.222. The first-order chi connectivity index (χ1) is 4.54. The average molecular weight is 143 g/mol. The number of azo groups is 1. The van der Waals surface area contributed by atoms with Gasteiger partial charge in [-0.1, -0.05) is 5.11 Å². The van der Waals surface area contributed by atoms with Gasteiger partial charge in [-0.15, -0.1) is 5.11 Å². The van der Waals surface area contributed by atoms with E-state index in [1.54, 1.807) is 0 Å². The van der Waals surface area contributed by atoms with Crippen molar-refractivity contribution in [1.82, 2.24) is 0 Å². The summed E-state index contributed by atoms with van der Waals surface area (Å²) in [7, 11) is 0. The molecule has 0 radical (unpaired) electrons. The number of hydrogen-bond donors (Lipinski definition) is 2. The van der Waals surface area contributed by atoms with Gasteiger partial charge < -0.3 is 0 Å². The van der Waals surface area contributed by atoms with Crippen molar-refractivity contribution in [3.63, 3.8) is 0 Å². The number of nitrogens with two attached hydrogens (primary N) is 1. The highest BCUT2D eigenvalue weighted by Gasteiger charge is 2.43. The fraction of sp³-hybridized carbons (Fsp3) is 0.667. The zero-order valence-corrected chi connectivity index (χ0v) is 4.94. The average Bonchev–Trinajstić information content (AvgIpc) is 2.13. The van der Waals surface area contributed by atoms with Crippen molar-refractivity contribution in [1.29, 1.82) is 5.41 Å². The molecule has 3 N–H and O–H groups in total. The van der Waals surface area contributed by atoms with Crippen LogP contribution >= 0.6 is 0 Å². The fourth-order valence-electron chi connectivity index (χ4n) is 0.565. The van der Waals surface area contributed by atoms with Crippen LogP contribution < -0.4 is 5.73 Å². The number of nitrogens with zero attached hydrogens (tertiary/aromatic N) is 3. The van der Waals surface area contributed by atoms with Crippen molar-refractivity contribution in [3.8, 4) is 0 Å². The SMILES string of the molecule is N=C1CC(N)([N+](=O)[O-])N=N1. The summed E-state index contributed by atoms with van der Waals surface area (Å²) < 4.78 is 0. The number of hydrogen-bond acceptors (Lipinski definition) is 5. The van der Waals surface area contributed by atoms with Gasteiger partial charge in [-0.05, 0) is 0 Å². The molecule has 0 fully saturated rings. The summed E-state index contributed by atoms with van der Waals surface area (Å²) >= 11 is 0. The zero-order chi connectivity index (χ0) is 7.78. The Balaban J connectivity index is 2.84. The largest absolute Gasteiger partial charge is 0.393 e. The van der Waals surface area contributed by atoms with Crippen molar-refractivity contribution >= 4 is 5.84 Å². The first-order valence-electron chi connectivity index (χ1n) is 2.48. The lowest BCUT2D eigenvalue weighted by Gasteiger charge is -2.05. The number of amidine groups is 1. The summed E-state index contributed by atoms with van der Waals surface area (Å²) in [6, 6.07) is 0. The predicted molar refractivity (Wildman–Crippen MR) is 31.1 cm³/mol. The van der Waals surface area contributed by atoms with Gasteiger partial charge in [0.15, 0.2) is 5.84 Å². The molecular formula is C3H5N5O2. The molecule has 10 heavy (non-hydrogen) atoms. The molecule has 1 unspecified atom stereocenters. The van der Waals surface area contributed by atoms with Gasteiger partial charge in [0, 0.05) is 0 Å². The second-order valence-corrected chi connectivity index (χ2v) is 1.96. The Labute approximate surface area is 55.6 Å². The van der Waals surface area contributed by atoms with Gasteiger partial charge in [-0.2, -0.15) is 0 Å². The van der Waals surface area contributed by atoms with Crippen molar-refractivity contribution in [2.45, 2.75) is 12.2 Å². The summed E-state index contributed by atoms with van der Waals surface area (Å²) in [5.41, 5.74) is 5.09. The molecule has 54 valence electrons. The molecule has 1 atom stereocenters. The molecule has 0 saturated heterocycles. The Morgan fingerprint density at radius 1 is 1.90 bits per heavy atom. The van der Waals surface area contributed by atoms with E-state index in [1.807, 2.05) is 0 Å². The quantitative estimate of drug-likeness (QED) is 0.298. The summed E-state index contributed by atoms with van der Waals surface area (Å²) in [6.45, 7) is 0. The van der Waals surface area contributed by atoms with Crippen LogP contribution in [0.1, 0.15) is 6.42 Å². The van der Waals surface area contributed by atoms with E-state index in [4.69, 9.17) is 11.1 Å². The van der Waals surface area contributed by atoms with Crippen LogP contribution in [0.25, 0.3) is 0 Å². The van der Waals surface area contributed by atoms with Crippen LogP contribution in [0.15, 0.2) is 10.2 Å². The molecule has 7 nitrogen and oxygen atoms in total. The molecule has 1 aliphatic heterocycles. The molecule has 1 rings (SSSR count). The van der Waals surface area contributed by atoms with Gasteiger partial charge >= 0.3 is 5.79 Å². The van der Waals surface area contributed by atoms with Crippen molar-refractivity contribution in [2.75, 3.05) is 0 Å². The van der Waals surface area contributed by atoms with E-state index in [9.17, 15) is 10.1 Å². The topological polar surface area (TPSA) is 118 Å². The van der Waals surface area contributed by atoms with Crippen LogP contribution in [0.5, 0.6) is 0 Å². The van der Waals surface area contributed by atoms with E-state index in [0.717, 1.165) is 0 Å². The first kappa shape index (κ1) is 6.75. The van der Waals surface area contributed by atoms with E-state index < -0.39 is 10.7 Å². The third-order valence-corrected chi connectivity index (χ3v) is 1.09. The van der Waals surface area contributed by atoms with Crippen LogP contribution in [0.4, 0.5) is 0 Å². The Morgan fingerprint density at radius 2 is 2.50 bits per heavy atom. The molecule has 0 aromatic carbocycles. The molecule has 0 spiro atoms. The Kier molecular flexibility index (Phi) is 1.22. The summed E-state index contributed by atoms with van der Waals surface area (Å²) in [5, 5.41) is 23.2. The van der Waals surface area contributed by atoms with Crippen LogP contribution in [0.3, 0.4) is 0 Å². The van der Waals surface area contributed by atoms with Gasteiger partial charge in [-0.25, -0.2) is 5.73 Å². The second-order valence-electron chi connectivity index (χ2n) is 1.96. The molecule has 1 aliphatic rings. The second kappa shape index (κ2) is 1.81. The third-order valence-electron chi connectivity index (χ3n) is 1.09. The highest BCUT2D eigenvalue weighted by Crippen LogP contribution is 2.17. The predicted octanol–water partition coefficient (Wildman–Crippen LogP) is -0.291. The van der Waals surface area contributed by atoms with E-state index >= 15 is 0 Å². The van der Waals surface area contributed by atoms with Gasteiger partial charge in [0.1, 0.15) is 6.42 Å². The lowest BCUT2D eigenvalue weighted by molar-refractivity contribution is -0.565. The molecule has 0 aromatic heterocycles. The number of nitrogens with one attached hydrogen (secondary N) is 1. The van der Waals surface area contributed by atoms with Crippen LogP contribution in [-0.2, 0) is 0 Å². The van der Waals surface area contributed by atoms with Crippen molar-refractivity contribution in [2.24, 2.45) is 16.0 Å². The minimum atomic E-state index is -1.88. The lowest BCUT2D eigenvalue weighted by Crippen LogP contribution is -2.44. The first-order valence-corrected chi connectivity index (χ1v) is 2.48. The van der Waals surface area contributed by atoms with E-state index in [0.29, 0.717) is 0 Å². The lowest BCUT2D eigenvalue weighted by atomic mass is 10.3. The minimum Gasteiger partial charge on any atom is -0.285 e. The van der Waals surface area contributed by atoms with Crippen molar-refractivity contribution < 1.29 is 4.92 Å². The van der Waals surface area contributed by atoms with Crippen LogP contribution in [-0.4, -0.2) is 16.5 Å². The molecule has 0 saturated carbocycles. The smallest absolute Gasteiger partial charge is 0.285 e. The maximum absolute atomic E-state index is 10.1. The Bertz CT molecular complexity index is 223. The third kappa shape index (κ3) is 0.860. The monoisotopic (exact) mass is 143 g/mol. The molecule has 0 aromatic rings. The highest BCUT2D eigenvalue weighted by atomic mass is 16.6. The molecule has 0 aliphatic carbocycles. The highest BCUT2D eigenvalue weighted by molar-refractivity contribution is 5.81. The molecule has 0 bridgehead atoms. The van der Waals surface area contributed by atoms with Gasteiger partial charge in [0.05, 0.1) is 4.92 Å². The van der Waals surface area contributed by atoms with E-state index in [2.05, 4.69) is 10.2 Å². The standard InChI is InChI=1S/C3H5N5O2/c4-2-1-3(5,7-6-2)8(9)10/h4H,1,5H2. The molecule has 1 heterocycles. The van der Waals surface area contributed by atoms with Crippen LogP contribution in [0, 0.1) is 15.5 Å². The maximum atomic E-state index is 10.1. The summed E-state index contributed by atoms with van der Waals surface area (Å²) in [5.74, 6) is -2.03. The normalized spacial score (nSPS) is 31.1. The number of rotatable bonds is 1. The fourth-order valence-corrected chi connectivity index (χ4v) is 0.565. The Hall–Kier alpha value is -1.37. The molecular weight excluding hydrogens is 138 g/mol. The van der Waals surface area contributed by atoms with Gasteiger partial charge in [-0.3, -0.25) is 15.5 Å².